The average molecular weight is 504 g/mol. The van der Waals surface area contributed by atoms with E-state index in [0.717, 1.165) is 22.3 Å². The normalized spacial score (nSPS) is 13.1. The molecular formula is C28H26FN3O5. The summed E-state index contributed by atoms with van der Waals surface area (Å²) in [5, 5.41) is 17.4. The van der Waals surface area contributed by atoms with Gasteiger partial charge >= 0.3 is 5.97 Å². The molecule has 3 aromatic carbocycles. The van der Waals surface area contributed by atoms with E-state index < -0.39 is 18.0 Å². The molecule has 1 aromatic heterocycles. The fourth-order valence-electron chi connectivity index (χ4n) is 3.73. The smallest absolute Gasteiger partial charge is 0.312 e. The fourth-order valence-corrected chi connectivity index (χ4v) is 3.73. The molecule has 0 fully saturated rings. The van der Waals surface area contributed by atoms with Crippen LogP contribution in [0.25, 0.3) is 0 Å². The van der Waals surface area contributed by atoms with Crippen LogP contribution in [0.1, 0.15) is 41.2 Å². The Bertz CT molecular complexity index is 1340. The highest BCUT2D eigenvalue weighted by Gasteiger charge is 2.24. The third kappa shape index (κ3) is 7.00. The van der Waals surface area contributed by atoms with Gasteiger partial charge in [0.1, 0.15) is 24.1 Å². The van der Waals surface area contributed by atoms with E-state index in [4.69, 9.17) is 14.1 Å². The van der Waals surface area contributed by atoms with Crippen molar-refractivity contribution in [2.24, 2.45) is 11.1 Å². The second-order valence-electron chi connectivity index (χ2n) is 8.56. The van der Waals surface area contributed by atoms with Crippen LogP contribution in [0.15, 0.2) is 88.8 Å². The number of benzene rings is 3. The summed E-state index contributed by atoms with van der Waals surface area (Å²) in [7, 11) is 0. The fraction of sp³-hybridized carbons (Fsp3) is 0.214. The lowest BCUT2D eigenvalue weighted by Gasteiger charge is -2.17. The van der Waals surface area contributed by atoms with Crippen molar-refractivity contribution < 1.29 is 28.4 Å². The Kier molecular flexibility index (Phi) is 8.25. The Morgan fingerprint density at radius 2 is 1.81 bits per heavy atom. The molecule has 0 spiro atoms. The molecule has 4 aromatic rings. The summed E-state index contributed by atoms with van der Waals surface area (Å²) >= 11 is 0. The predicted octanol–water partition coefficient (Wildman–Crippen LogP) is 5.52. The highest BCUT2D eigenvalue weighted by Crippen LogP contribution is 2.28. The number of hydrogen-bond acceptors (Lipinski definition) is 7. The van der Waals surface area contributed by atoms with Gasteiger partial charge in [0.2, 0.25) is 6.10 Å². The van der Waals surface area contributed by atoms with Gasteiger partial charge in [-0.15, -0.1) is 0 Å². The Morgan fingerprint density at radius 3 is 2.46 bits per heavy atom. The summed E-state index contributed by atoms with van der Waals surface area (Å²) in [6.07, 6.45) is 0.951. The molecule has 0 aliphatic carbocycles. The standard InChI is InChI=1S/C28H26FN3O5/c1-18-4-3-5-22(14-18)26(27-30-17-31-37-27)36-24-12-8-20(9-13-24)15-25(28(33)34)19(2)32-35-16-21-6-10-23(29)11-7-21/h3-14,17,25-26H,15-16H2,1-2H3,(H,33,34). The van der Waals surface area contributed by atoms with Crippen LogP contribution in [0.5, 0.6) is 5.75 Å². The van der Waals surface area contributed by atoms with Gasteiger partial charge in [-0.3, -0.25) is 4.79 Å². The van der Waals surface area contributed by atoms with Gasteiger partial charge in [-0.25, -0.2) is 4.39 Å². The third-order valence-electron chi connectivity index (χ3n) is 5.72. The number of aromatic nitrogens is 2. The zero-order valence-corrected chi connectivity index (χ0v) is 20.4. The SMILES string of the molecule is CC(=NOCc1ccc(F)cc1)C(Cc1ccc(OC(c2cccc(C)c2)c2ncno2)cc1)C(=O)O. The van der Waals surface area contributed by atoms with E-state index >= 15 is 0 Å². The van der Waals surface area contributed by atoms with Crippen LogP contribution < -0.4 is 4.74 Å². The Morgan fingerprint density at radius 1 is 1.08 bits per heavy atom. The molecule has 190 valence electrons. The summed E-state index contributed by atoms with van der Waals surface area (Å²) in [5.41, 5.74) is 3.78. The molecule has 4 rings (SSSR count). The molecule has 0 aliphatic rings. The number of halogens is 1. The van der Waals surface area contributed by atoms with Crippen molar-refractivity contribution in [3.63, 3.8) is 0 Å². The van der Waals surface area contributed by atoms with Crippen LogP contribution in [0.2, 0.25) is 0 Å². The molecule has 0 saturated carbocycles. The molecule has 1 N–H and O–H groups in total. The summed E-state index contributed by atoms with van der Waals surface area (Å²) in [5.74, 6) is -1.34. The monoisotopic (exact) mass is 503 g/mol. The van der Waals surface area contributed by atoms with Gasteiger partial charge in [0.05, 0.1) is 5.71 Å². The van der Waals surface area contributed by atoms with Crippen molar-refractivity contribution in [1.29, 1.82) is 0 Å². The van der Waals surface area contributed by atoms with E-state index in [-0.39, 0.29) is 18.8 Å². The van der Waals surface area contributed by atoms with E-state index in [0.29, 0.717) is 17.4 Å². The van der Waals surface area contributed by atoms with Gasteiger partial charge in [0.15, 0.2) is 6.33 Å². The van der Waals surface area contributed by atoms with Gasteiger partial charge in [0, 0.05) is 5.56 Å². The van der Waals surface area contributed by atoms with E-state index in [2.05, 4.69) is 15.3 Å². The summed E-state index contributed by atoms with van der Waals surface area (Å²) in [6, 6.07) is 20.8. The summed E-state index contributed by atoms with van der Waals surface area (Å²) in [6.45, 7) is 3.71. The largest absolute Gasteiger partial charge is 0.481 e. The van der Waals surface area contributed by atoms with Crippen molar-refractivity contribution >= 4 is 11.7 Å². The third-order valence-corrected chi connectivity index (χ3v) is 5.72. The van der Waals surface area contributed by atoms with Gasteiger partial charge < -0.3 is 19.2 Å². The van der Waals surface area contributed by atoms with E-state index in [9.17, 15) is 14.3 Å². The topological polar surface area (TPSA) is 107 Å². The first-order valence-corrected chi connectivity index (χ1v) is 11.6. The van der Waals surface area contributed by atoms with Crippen molar-refractivity contribution in [2.75, 3.05) is 0 Å². The minimum atomic E-state index is -1.01. The van der Waals surface area contributed by atoms with Crippen LogP contribution in [0.3, 0.4) is 0 Å². The molecule has 2 atom stereocenters. The van der Waals surface area contributed by atoms with Gasteiger partial charge in [-0.1, -0.05) is 64.4 Å². The van der Waals surface area contributed by atoms with Crippen LogP contribution in [0, 0.1) is 18.7 Å². The van der Waals surface area contributed by atoms with E-state index in [1.165, 1.54) is 18.5 Å². The van der Waals surface area contributed by atoms with Crippen LogP contribution in [-0.4, -0.2) is 26.9 Å². The zero-order chi connectivity index (χ0) is 26.2. The van der Waals surface area contributed by atoms with Crippen LogP contribution in [-0.2, 0) is 22.7 Å². The van der Waals surface area contributed by atoms with E-state index in [1.807, 2.05) is 31.2 Å². The Labute approximate surface area is 213 Å². The molecule has 1 heterocycles. The zero-order valence-electron chi connectivity index (χ0n) is 20.4. The lowest BCUT2D eigenvalue weighted by atomic mass is 9.95. The minimum absolute atomic E-state index is 0.109. The number of aryl methyl sites for hydroxylation is 1. The highest BCUT2D eigenvalue weighted by atomic mass is 19.1. The Balaban J connectivity index is 1.42. The number of carboxylic acids is 1. The first-order valence-electron chi connectivity index (χ1n) is 11.6. The summed E-state index contributed by atoms with van der Waals surface area (Å²) in [4.78, 5) is 21.4. The molecule has 37 heavy (non-hydrogen) atoms. The van der Waals surface area contributed by atoms with Crippen LogP contribution >= 0.6 is 0 Å². The maximum atomic E-state index is 13.0. The van der Waals surface area contributed by atoms with E-state index in [1.54, 1.807) is 43.3 Å². The lowest BCUT2D eigenvalue weighted by Crippen LogP contribution is -2.24. The number of carboxylic acid groups (broad SMARTS) is 1. The van der Waals surface area contributed by atoms with Crippen molar-refractivity contribution in [1.82, 2.24) is 10.1 Å². The highest BCUT2D eigenvalue weighted by molar-refractivity contribution is 6.00. The molecular weight excluding hydrogens is 477 g/mol. The molecule has 8 nitrogen and oxygen atoms in total. The average Bonchev–Trinajstić information content (AvgIpc) is 3.42. The summed E-state index contributed by atoms with van der Waals surface area (Å²) < 4.78 is 24.5. The van der Waals surface area contributed by atoms with Crippen molar-refractivity contribution in [2.45, 2.75) is 33.0 Å². The maximum absolute atomic E-state index is 13.0. The minimum Gasteiger partial charge on any atom is -0.481 e. The lowest BCUT2D eigenvalue weighted by molar-refractivity contribution is -0.139. The number of oxime groups is 1. The number of hydrogen-bond donors (Lipinski definition) is 1. The van der Waals surface area contributed by atoms with Crippen molar-refractivity contribution in [3.8, 4) is 5.75 Å². The molecule has 0 aliphatic heterocycles. The molecule has 2 unspecified atom stereocenters. The predicted molar refractivity (Wildman–Crippen MR) is 134 cm³/mol. The van der Waals surface area contributed by atoms with Gasteiger partial charge in [-0.05, 0) is 55.7 Å². The molecule has 0 radical (unpaired) electrons. The molecule has 0 bridgehead atoms. The maximum Gasteiger partial charge on any atom is 0.312 e. The number of rotatable bonds is 11. The quantitative estimate of drug-likeness (QED) is 0.212. The second kappa shape index (κ2) is 11.9. The molecule has 0 amide bonds. The first-order chi connectivity index (χ1) is 17.9. The number of carbonyl (C=O) groups is 1. The van der Waals surface area contributed by atoms with Crippen molar-refractivity contribution in [3.05, 3.63) is 113 Å². The number of aliphatic carboxylic acids is 1. The Hall–Kier alpha value is -4.53. The van der Waals surface area contributed by atoms with Crippen LogP contribution in [0.4, 0.5) is 4.39 Å². The first kappa shape index (κ1) is 25.6. The van der Waals surface area contributed by atoms with Gasteiger partial charge in [0.25, 0.3) is 5.89 Å². The molecule has 0 saturated heterocycles. The molecule has 9 heteroatoms. The number of ether oxygens (including phenoxy) is 1. The second-order valence-corrected chi connectivity index (χ2v) is 8.56. The number of nitrogens with zero attached hydrogens (tertiary/aromatic N) is 3. The van der Waals surface area contributed by atoms with Gasteiger partial charge in [-0.2, -0.15) is 4.98 Å².